The van der Waals surface area contributed by atoms with Crippen molar-refractivity contribution in [2.75, 3.05) is 20.8 Å². The number of rotatable bonds is 6. The van der Waals surface area contributed by atoms with E-state index in [9.17, 15) is 0 Å². The van der Waals surface area contributed by atoms with Crippen LogP contribution in [-0.2, 0) is 11.3 Å². The minimum Gasteiger partial charge on any atom is -0.493 e. The maximum atomic E-state index is 6.41. The van der Waals surface area contributed by atoms with Gasteiger partial charge in [0.2, 0.25) is 0 Å². The van der Waals surface area contributed by atoms with Crippen LogP contribution >= 0.6 is 11.6 Å². The Morgan fingerprint density at radius 2 is 2.05 bits per heavy atom. The Morgan fingerprint density at radius 3 is 2.71 bits per heavy atom. The highest BCUT2D eigenvalue weighted by atomic mass is 35.5. The summed E-state index contributed by atoms with van der Waals surface area (Å²) in [6.07, 6.45) is 4.07. The van der Waals surface area contributed by atoms with Crippen LogP contribution in [0.3, 0.4) is 0 Å². The van der Waals surface area contributed by atoms with Gasteiger partial charge in [-0.1, -0.05) is 17.7 Å². The molecule has 0 spiro atoms. The van der Waals surface area contributed by atoms with E-state index in [1.54, 1.807) is 14.2 Å². The number of benzene rings is 1. The van der Waals surface area contributed by atoms with Crippen molar-refractivity contribution in [2.24, 2.45) is 5.92 Å². The summed E-state index contributed by atoms with van der Waals surface area (Å²) in [5.74, 6) is 2.01. The maximum Gasteiger partial charge on any atom is 0.179 e. The molecule has 1 aliphatic heterocycles. The molecule has 116 valence electrons. The molecule has 2 aliphatic rings. The lowest BCUT2D eigenvalue weighted by Gasteiger charge is -2.20. The molecule has 1 aliphatic carbocycles. The van der Waals surface area contributed by atoms with E-state index in [0.717, 1.165) is 31.1 Å². The highest BCUT2D eigenvalue weighted by molar-refractivity contribution is 6.33. The van der Waals surface area contributed by atoms with E-state index in [2.05, 4.69) is 5.32 Å². The zero-order chi connectivity index (χ0) is 14.8. The average molecular weight is 312 g/mol. The van der Waals surface area contributed by atoms with E-state index in [0.29, 0.717) is 28.7 Å². The van der Waals surface area contributed by atoms with Gasteiger partial charge in [-0.15, -0.1) is 0 Å². The van der Waals surface area contributed by atoms with Crippen LogP contribution in [-0.4, -0.2) is 33.0 Å². The van der Waals surface area contributed by atoms with Crippen LogP contribution in [0.1, 0.15) is 24.8 Å². The lowest BCUT2D eigenvalue weighted by atomic mass is 10.1. The van der Waals surface area contributed by atoms with Gasteiger partial charge in [0.1, 0.15) is 0 Å². The molecule has 3 rings (SSSR count). The first-order valence-corrected chi connectivity index (χ1v) is 7.86. The topological polar surface area (TPSA) is 39.7 Å². The fraction of sp³-hybridized carbons (Fsp3) is 0.625. The van der Waals surface area contributed by atoms with Gasteiger partial charge in [0, 0.05) is 19.2 Å². The molecule has 0 radical (unpaired) electrons. The molecule has 1 saturated heterocycles. The Kier molecular flexibility index (Phi) is 4.57. The predicted octanol–water partition coefficient (Wildman–Crippen LogP) is 3.01. The summed E-state index contributed by atoms with van der Waals surface area (Å²) in [6, 6.07) is 4.31. The summed E-state index contributed by atoms with van der Waals surface area (Å²) in [5, 5.41) is 4.21. The van der Waals surface area contributed by atoms with Crippen molar-refractivity contribution in [1.82, 2.24) is 5.32 Å². The van der Waals surface area contributed by atoms with Crippen molar-refractivity contribution in [3.63, 3.8) is 0 Å². The normalized spacial score (nSPS) is 25.1. The Morgan fingerprint density at radius 1 is 1.24 bits per heavy atom. The third-order valence-corrected chi connectivity index (χ3v) is 4.76. The fourth-order valence-electron chi connectivity index (χ4n) is 3.03. The second-order valence-corrected chi connectivity index (χ2v) is 6.10. The zero-order valence-corrected chi connectivity index (χ0v) is 13.3. The monoisotopic (exact) mass is 311 g/mol. The minimum absolute atomic E-state index is 0.379. The predicted molar refractivity (Wildman–Crippen MR) is 82.3 cm³/mol. The van der Waals surface area contributed by atoms with E-state index in [4.69, 9.17) is 25.8 Å². The van der Waals surface area contributed by atoms with Gasteiger partial charge in [0.05, 0.1) is 25.3 Å². The van der Waals surface area contributed by atoms with Crippen LogP contribution in [0, 0.1) is 5.92 Å². The molecule has 0 aromatic heterocycles. The zero-order valence-electron chi connectivity index (χ0n) is 12.5. The first-order valence-electron chi connectivity index (χ1n) is 7.49. The first kappa shape index (κ1) is 14.9. The van der Waals surface area contributed by atoms with Crippen molar-refractivity contribution in [3.05, 3.63) is 22.7 Å². The molecule has 2 fully saturated rings. The van der Waals surface area contributed by atoms with Crippen LogP contribution in [0.4, 0.5) is 0 Å². The molecule has 0 bridgehead atoms. The molecule has 5 heteroatoms. The Hall–Kier alpha value is -0.970. The lowest BCUT2D eigenvalue weighted by molar-refractivity contribution is 0.0809. The van der Waals surface area contributed by atoms with Gasteiger partial charge >= 0.3 is 0 Å². The molecule has 1 heterocycles. The molecule has 4 nitrogen and oxygen atoms in total. The van der Waals surface area contributed by atoms with Crippen molar-refractivity contribution < 1.29 is 14.2 Å². The quantitative estimate of drug-likeness (QED) is 0.876. The van der Waals surface area contributed by atoms with Crippen LogP contribution in [0.15, 0.2) is 12.1 Å². The second-order valence-electron chi connectivity index (χ2n) is 5.72. The van der Waals surface area contributed by atoms with E-state index in [-0.39, 0.29) is 0 Å². The summed E-state index contributed by atoms with van der Waals surface area (Å²) in [5.41, 5.74) is 1.02. The van der Waals surface area contributed by atoms with Gasteiger partial charge in [-0.05, 0) is 36.8 Å². The maximum absolute atomic E-state index is 6.41. The Bertz CT molecular complexity index is 505. The third-order valence-electron chi connectivity index (χ3n) is 4.34. The molecule has 1 aromatic rings. The summed E-state index contributed by atoms with van der Waals surface area (Å²) >= 11 is 6.41. The molecule has 21 heavy (non-hydrogen) atoms. The molecule has 0 amide bonds. The van der Waals surface area contributed by atoms with Crippen LogP contribution < -0.4 is 14.8 Å². The fourth-order valence-corrected chi connectivity index (χ4v) is 3.33. The largest absolute Gasteiger partial charge is 0.493 e. The first-order chi connectivity index (χ1) is 10.2. The number of hydrogen-bond donors (Lipinski definition) is 1. The minimum atomic E-state index is 0.379. The lowest BCUT2D eigenvalue weighted by Crippen LogP contribution is -2.37. The smallest absolute Gasteiger partial charge is 0.179 e. The second kappa shape index (κ2) is 6.42. The standard InChI is InChI=1S/C16H22ClNO3/c1-19-13-6-5-11(14(17)16(13)20-2)9-18-12-7-8-21-15(12)10-3-4-10/h5-6,10,12,15,18H,3-4,7-9H2,1-2H3. The van der Waals surface area contributed by atoms with Crippen molar-refractivity contribution in [3.8, 4) is 11.5 Å². The Balaban J connectivity index is 1.67. The highest BCUT2D eigenvalue weighted by Gasteiger charge is 2.40. The van der Waals surface area contributed by atoms with Crippen molar-refractivity contribution in [1.29, 1.82) is 0 Å². The summed E-state index contributed by atoms with van der Waals surface area (Å²) in [4.78, 5) is 0. The summed E-state index contributed by atoms with van der Waals surface area (Å²) in [6.45, 7) is 1.58. The summed E-state index contributed by atoms with van der Waals surface area (Å²) in [7, 11) is 3.22. The molecule has 1 aromatic carbocycles. The van der Waals surface area contributed by atoms with Crippen molar-refractivity contribution >= 4 is 11.6 Å². The SMILES string of the molecule is COc1ccc(CNC2CCOC2C2CC2)c(Cl)c1OC. The van der Waals surface area contributed by atoms with E-state index in [1.165, 1.54) is 12.8 Å². The number of halogens is 1. The Labute approximate surface area is 130 Å². The molecule has 2 unspecified atom stereocenters. The van der Waals surface area contributed by atoms with Crippen LogP contribution in [0.5, 0.6) is 11.5 Å². The van der Waals surface area contributed by atoms with Gasteiger partial charge in [-0.25, -0.2) is 0 Å². The van der Waals surface area contributed by atoms with E-state index in [1.807, 2.05) is 12.1 Å². The number of hydrogen-bond acceptors (Lipinski definition) is 4. The van der Waals surface area contributed by atoms with E-state index < -0.39 is 0 Å². The van der Waals surface area contributed by atoms with Gasteiger partial charge in [0.25, 0.3) is 0 Å². The van der Waals surface area contributed by atoms with Gasteiger partial charge < -0.3 is 19.5 Å². The molecular weight excluding hydrogens is 290 g/mol. The molecule has 1 N–H and O–H groups in total. The molecule has 1 saturated carbocycles. The molecule has 2 atom stereocenters. The number of nitrogens with one attached hydrogen (secondary N) is 1. The van der Waals surface area contributed by atoms with Gasteiger partial charge in [-0.2, -0.15) is 0 Å². The van der Waals surface area contributed by atoms with E-state index >= 15 is 0 Å². The van der Waals surface area contributed by atoms with Gasteiger partial charge in [0.15, 0.2) is 11.5 Å². The highest BCUT2D eigenvalue weighted by Crippen LogP contribution is 2.40. The average Bonchev–Trinajstić information content (AvgIpc) is 3.24. The van der Waals surface area contributed by atoms with Gasteiger partial charge in [-0.3, -0.25) is 0 Å². The molecular formula is C16H22ClNO3. The number of methoxy groups -OCH3 is 2. The van der Waals surface area contributed by atoms with Crippen LogP contribution in [0.2, 0.25) is 5.02 Å². The van der Waals surface area contributed by atoms with Crippen molar-refractivity contribution in [2.45, 2.75) is 38.0 Å². The third kappa shape index (κ3) is 3.12. The van der Waals surface area contributed by atoms with Crippen LogP contribution in [0.25, 0.3) is 0 Å². The number of ether oxygens (including phenoxy) is 3. The summed E-state index contributed by atoms with van der Waals surface area (Å²) < 4.78 is 16.4.